The Morgan fingerprint density at radius 1 is 1.12 bits per heavy atom. The molecule has 0 saturated carbocycles. The summed E-state index contributed by atoms with van der Waals surface area (Å²) in [6.07, 6.45) is 3.53. The summed E-state index contributed by atoms with van der Waals surface area (Å²) in [6, 6.07) is 11.2. The monoisotopic (exact) mass is 353 g/mol. The molecule has 1 aromatic carbocycles. The molecule has 2 aliphatic rings. The van der Waals surface area contributed by atoms with E-state index in [2.05, 4.69) is 70.2 Å². The first-order valence-corrected chi connectivity index (χ1v) is 10.0. The van der Waals surface area contributed by atoms with Gasteiger partial charge in [0.25, 0.3) is 0 Å². The number of nitrogens with one attached hydrogen (secondary N) is 1. The predicted octanol–water partition coefficient (Wildman–Crippen LogP) is 2.48. The van der Waals surface area contributed by atoms with E-state index in [9.17, 15) is 0 Å². The van der Waals surface area contributed by atoms with Crippen LogP contribution in [0.5, 0.6) is 0 Å². The first-order valence-electron chi connectivity index (χ1n) is 10.0. The standard InChI is InChI=1S/C21H31N5/c1-17(2)21-18(15-26(23-21)19-6-4-3-5-7-19)14-24-11-8-20(16-24)25-12-9-22-10-13-25/h3-7,15,17,20,22H,8-14,16H2,1-2H3. The van der Waals surface area contributed by atoms with Crippen molar-refractivity contribution < 1.29 is 0 Å². The fraction of sp³-hybridized carbons (Fsp3) is 0.571. The Morgan fingerprint density at radius 2 is 1.88 bits per heavy atom. The van der Waals surface area contributed by atoms with Crippen LogP contribution in [0.4, 0.5) is 0 Å². The number of nitrogens with zero attached hydrogens (tertiary/aromatic N) is 4. The minimum absolute atomic E-state index is 0.446. The molecule has 5 nitrogen and oxygen atoms in total. The van der Waals surface area contributed by atoms with Gasteiger partial charge in [-0.2, -0.15) is 5.10 Å². The van der Waals surface area contributed by atoms with Crippen molar-refractivity contribution in [3.8, 4) is 5.69 Å². The lowest BCUT2D eigenvalue weighted by Gasteiger charge is -2.32. The van der Waals surface area contributed by atoms with Gasteiger partial charge in [-0.3, -0.25) is 9.80 Å². The Kier molecular flexibility index (Phi) is 5.38. The van der Waals surface area contributed by atoms with Crippen LogP contribution in [-0.4, -0.2) is 64.9 Å². The maximum Gasteiger partial charge on any atom is 0.0699 e. The molecule has 26 heavy (non-hydrogen) atoms. The molecule has 0 bridgehead atoms. The number of para-hydroxylation sites is 1. The molecule has 2 saturated heterocycles. The van der Waals surface area contributed by atoms with Crippen LogP contribution in [0.2, 0.25) is 0 Å². The lowest BCUT2D eigenvalue weighted by atomic mass is 10.1. The van der Waals surface area contributed by atoms with Gasteiger partial charge in [-0.05, 0) is 24.5 Å². The molecule has 1 unspecified atom stereocenters. The molecule has 1 aromatic heterocycles. The van der Waals surface area contributed by atoms with E-state index in [1.807, 2.05) is 0 Å². The molecule has 2 aromatic rings. The second-order valence-corrected chi connectivity index (χ2v) is 7.94. The molecule has 2 aliphatic heterocycles. The number of rotatable bonds is 5. The zero-order valence-corrected chi connectivity index (χ0v) is 16.1. The summed E-state index contributed by atoms with van der Waals surface area (Å²) < 4.78 is 2.05. The lowest BCUT2D eigenvalue weighted by molar-refractivity contribution is 0.170. The van der Waals surface area contributed by atoms with Crippen LogP contribution in [0, 0.1) is 0 Å². The average Bonchev–Trinajstić information content (AvgIpc) is 3.31. The second-order valence-electron chi connectivity index (χ2n) is 7.94. The third kappa shape index (κ3) is 3.85. The Balaban J connectivity index is 1.46. The number of piperazine rings is 1. The first-order chi connectivity index (χ1) is 12.7. The van der Waals surface area contributed by atoms with Crippen molar-refractivity contribution in [2.75, 3.05) is 39.3 Å². The number of likely N-dealkylation sites (tertiary alicyclic amines) is 1. The van der Waals surface area contributed by atoms with Gasteiger partial charge in [0.05, 0.1) is 11.4 Å². The van der Waals surface area contributed by atoms with Crippen molar-refractivity contribution in [3.05, 3.63) is 47.8 Å². The van der Waals surface area contributed by atoms with Gasteiger partial charge in [0.1, 0.15) is 0 Å². The van der Waals surface area contributed by atoms with Gasteiger partial charge in [0, 0.05) is 63.6 Å². The van der Waals surface area contributed by atoms with Crippen LogP contribution in [0.3, 0.4) is 0 Å². The molecule has 1 atom stereocenters. The molecule has 1 N–H and O–H groups in total. The van der Waals surface area contributed by atoms with Gasteiger partial charge in [-0.1, -0.05) is 32.0 Å². The number of aromatic nitrogens is 2. The fourth-order valence-corrected chi connectivity index (χ4v) is 4.29. The average molecular weight is 354 g/mol. The smallest absolute Gasteiger partial charge is 0.0699 e. The maximum absolute atomic E-state index is 4.90. The maximum atomic E-state index is 4.90. The normalized spacial score (nSPS) is 22.3. The molecule has 5 heteroatoms. The van der Waals surface area contributed by atoms with Crippen molar-refractivity contribution in [1.29, 1.82) is 0 Å². The molecule has 0 radical (unpaired) electrons. The fourth-order valence-electron chi connectivity index (χ4n) is 4.29. The molecular formula is C21H31N5. The minimum Gasteiger partial charge on any atom is -0.314 e. The lowest BCUT2D eigenvalue weighted by Crippen LogP contribution is -2.49. The Labute approximate surface area is 157 Å². The number of hydrogen-bond donors (Lipinski definition) is 1. The summed E-state index contributed by atoms with van der Waals surface area (Å²) in [5, 5.41) is 8.36. The van der Waals surface area contributed by atoms with Crippen molar-refractivity contribution in [3.63, 3.8) is 0 Å². The Hall–Kier alpha value is -1.69. The topological polar surface area (TPSA) is 36.3 Å². The van der Waals surface area contributed by atoms with Crippen molar-refractivity contribution in [2.45, 2.75) is 38.8 Å². The molecular weight excluding hydrogens is 322 g/mol. The van der Waals surface area contributed by atoms with Crippen LogP contribution in [0.25, 0.3) is 5.69 Å². The summed E-state index contributed by atoms with van der Waals surface area (Å²) in [5.74, 6) is 0.446. The summed E-state index contributed by atoms with van der Waals surface area (Å²) >= 11 is 0. The Bertz CT molecular complexity index is 702. The SMILES string of the molecule is CC(C)c1nn(-c2ccccc2)cc1CN1CCC(N2CCNCC2)C1. The molecule has 0 spiro atoms. The van der Waals surface area contributed by atoms with Gasteiger partial charge in [-0.25, -0.2) is 4.68 Å². The van der Waals surface area contributed by atoms with E-state index in [-0.39, 0.29) is 0 Å². The van der Waals surface area contributed by atoms with Gasteiger partial charge in [-0.15, -0.1) is 0 Å². The predicted molar refractivity (Wildman–Crippen MR) is 106 cm³/mol. The zero-order chi connectivity index (χ0) is 17.9. The van der Waals surface area contributed by atoms with Gasteiger partial charge >= 0.3 is 0 Å². The van der Waals surface area contributed by atoms with Crippen LogP contribution >= 0.6 is 0 Å². The number of hydrogen-bond acceptors (Lipinski definition) is 4. The molecule has 2 fully saturated rings. The molecule has 140 valence electrons. The summed E-state index contributed by atoms with van der Waals surface area (Å²) in [6.45, 7) is 12.6. The summed E-state index contributed by atoms with van der Waals surface area (Å²) in [5.41, 5.74) is 3.75. The summed E-state index contributed by atoms with van der Waals surface area (Å²) in [7, 11) is 0. The van der Waals surface area contributed by atoms with E-state index in [0.717, 1.165) is 31.4 Å². The molecule has 3 heterocycles. The van der Waals surface area contributed by atoms with E-state index < -0.39 is 0 Å². The van der Waals surface area contributed by atoms with E-state index >= 15 is 0 Å². The van der Waals surface area contributed by atoms with Crippen molar-refractivity contribution in [1.82, 2.24) is 24.9 Å². The largest absolute Gasteiger partial charge is 0.314 e. The van der Waals surface area contributed by atoms with E-state index in [4.69, 9.17) is 5.10 Å². The molecule has 4 rings (SSSR count). The Morgan fingerprint density at radius 3 is 2.62 bits per heavy atom. The van der Waals surface area contributed by atoms with Crippen LogP contribution < -0.4 is 5.32 Å². The highest BCUT2D eigenvalue weighted by Gasteiger charge is 2.29. The van der Waals surface area contributed by atoms with Crippen LogP contribution in [-0.2, 0) is 6.54 Å². The van der Waals surface area contributed by atoms with Gasteiger partial charge in [0.15, 0.2) is 0 Å². The molecule has 0 amide bonds. The summed E-state index contributed by atoms with van der Waals surface area (Å²) in [4.78, 5) is 5.29. The first kappa shape index (κ1) is 17.7. The quantitative estimate of drug-likeness (QED) is 0.896. The van der Waals surface area contributed by atoms with E-state index in [0.29, 0.717) is 5.92 Å². The van der Waals surface area contributed by atoms with Gasteiger partial charge < -0.3 is 5.32 Å². The van der Waals surface area contributed by atoms with E-state index in [1.165, 1.54) is 43.9 Å². The van der Waals surface area contributed by atoms with Gasteiger partial charge in [0.2, 0.25) is 0 Å². The third-order valence-electron chi connectivity index (χ3n) is 5.70. The van der Waals surface area contributed by atoms with Crippen LogP contribution in [0.1, 0.15) is 37.4 Å². The van der Waals surface area contributed by atoms with Crippen molar-refractivity contribution in [2.24, 2.45) is 0 Å². The molecule has 0 aliphatic carbocycles. The van der Waals surface area contributed by atoms with E-state index in [1.54, 1.807) is 0 Å². The minimum atomic E-state index is 0.446. The third-order valence-corrected chi connectivity index (χ3v) is 5.70. The highest BCUT2D eigenvalue weighted by atomic mass is 15.3. The second kappa shape index (κ2) is 7.91. The zero-order valence-electron chi connectivity index (χ0n) is 16.1. The van der Waals surface area contributed by atoms with Crippen molar-refractivity contribution >= 4 is 0 Å². The van der Waals surface area contributed by atoms with Crippen LogP contribution in [0.15, 0.2) is 36.5 Å². The number of benzene rings is 1. The highest BCUT2D eigenvalue weighted by Crippen LogP contribution is 2.24. The highest BCUT2D eigenvalue weighted by molar-refractivity contribution is 5.33.